The van der Waals surface area contributed by atoms with Crippen molar-refractivity contribution >= 4 is 33.3 Å². The molecule has 0 aliphatic heterocycles. The molecule has 27 heavy (non-hydrogen) atoms. The molecule has 0 radical (unpaired) electrons. The van der Waals surface area contributed by atoms with E-state index in [4.69, 9.17) is 4.42 Å². The van der Waals surface area contributed by atoms with E-state index in [0.29, 0.717) is 12.3 Å². The summed E-state index contributed by atoms with van der Waals surface area (Å²) in [6.45, 7) is 0.372. The van der Waals surface area contributed by atoms with Gasteiger partial charge in [0.1, 0.15) is 5.82 Å². The molecule has 1 amide bonds. The zero-order chi connectivity index (χ0) is 18.8. The van der Waals surface area contributed by atoms with Crippen molar-refractivity contribution in [3.8, 4) is 10.8 Å². The van der Waals surface area contributed by atoms with Gasteiger partial charge < -0.3 is 14.6 Å². The number of carbonyl (C=O) groups excluding carboxylic acids is 1. The van der Waals surface area contributed by atoms with Gasteiger partial charge in [0.05, 0.1) is 10.2 Å². The van der Waals surface area contributed by atoms with Crippen LogP contribution in [-0.2, 0) is 6.54 Å². The van der Waals surface area contributed by atoms with E-state index in [-0.39, 0.29) is 11.7 Å². The first-order valence-corrected chi connectivity index (χ1v) is 9.28. The van der Waals surface area contributed by atoms with Crippen LogP contribution >= 0.6 is 11.3 Å². The standard InChI is InChI=1S/C20H18N4O2S/c1-24(2)18-13(6-5-11-21-18)12-22-19(25)15-9-10-16(26-15)20-23-14-7-3-4-8-17(14)27-20/h3-11H,12H2,1-2H3,(H,22,25). The van der Waals surface area contributed by atoms with E-state index < -0.39 is 0 Å². The Hall–Kier alpha value is -3.19. The lowest BCUT2D eigenvalue weighted by Crippen LogP contribution is -2.24. The second-order valence-corrected chi connectivity index (χ2v) is 7.24. The van der Waals surface area contributed by atoms with Crippen LogP contribution in [0.2, 0.25) is 0 Å². The number of carbonyl (C=O) groups is 1. The third-order valence-electron chi connectivity index (χ3n) is 4.06. The average molecular weight is 378 g/mol. The summed E-state index contributed by atoms with van der Waals surface area (Å²) in [5, 5.41) is 3.65. The Morgan fingerprint density at radius 1 is 1.15 bits per heavy atom. The molecule has 0 spiro atoms. The van der Waals surface area contributed by atoms with E-state index in [1.807, 2.05) is 55.4 Å². The minimum Gasteiger partial charge on any atom is -0.448 e. The van der Waals surface area contributed by atoms with Crippen LogP contribution < -0.4 is 10.2 Å². The van der Waals surface area contributed by atoms with Crippen LogP contribution in [0.5, 0.6) is 0 Å². The number of nitrogens with zero attached hydrogens (tertiary/aromatic N) is 3. The molecule has 0 atom stereocenters. The number of para-hydroxylation sites is 1. The fourth-order valence-corrected chi connectivity index (χ4v) is 3.71. The van der Waals surface area contributed by atoms with Crippen LogP contribution in [0.4, 0.5) is 5.82 Å². The molecule has 0 fully saturated rings. The van der Waals surface area contributed by atoms with Gasteiger partial charge in [0.15, 0.2) is 16.5 Å². The van der Waals surface area contributed by atoms with Crippen LogP contribution in [-0.4, -0.2) is 30.0 Å². The summed E-state index contributed by atoms with van der Waals surface area (Å²) >= 11 is 1.54. The van der Waals surface area contributed by atoms with Crippen LogP contribution in [0, 0.1) is 0 Å². The van der Waals surface area contributed by atoms with Crippen LogP contribution in [0.15, 0.2) is 59.1 Å². The van der Waals surface area contributed by atoms with Gasteiger partial charge in [-0.3, -0.25) is 4.79 Å². The number of anilines is 1. The van der Waals surface area contributed by atoms with Gasteiger partial charge in [-0.05, 0) is 30.3 Å². The molecule has 0 aliphatic carbocycles. The smallest absolute Gasteiger partial charge is 0.287 e. The third-order valence-corrected chi connectivity index (χ3v) is 5.12. The van der Waals surface area contributed by atoms with Gasteiger partial charge in [0, 0.05) is 32.4 Å². The van der Waals surface area contributed by atoms with Gasteiger partial charge >= 0.3 is 0 Å². The van der Waals surface area contributed by atoms with Crippen molar-refractivity contribution in [3.63, 3.8) is 0 Å². The van der Waals surface area contributed by atoms with Crippen molar-refractivity contribution in [1.29, 1.82) is 0 Å². The number of nitrogens with one attached hydrogen (secondary N) is 1. The highest BCUT2D eigenvalue weighted by Gasteiger charge is 2.15. The van der Waals surface area contributed by atoms with E-state index in [0.717, 1.165) is 26.6 Å². The Labute approximate surface area is 160 Å². The lowest BCUT2D eigenvalue weighted by molar-refractivity contribution is 0.0924. The first-order valence-electron chi connectivity index (χ1n) is 8.47. The number of furan rings is 1. The predicted molar refractivity (Wildman–Crippen MR) is 107 cm³/mol. The molecule has 1 N–H and O–H groups in total. The largest absolute Gasteiger partial charge is 0.448 e. The van der Waals surface area contributed by atoms with Crippen LogP contribution in [0.3, 0.4) is 0 Å². The summed E-state index contributed by atoms with van der Waals surface area (Å²) in [5.41, 5.74) is 1.86. The molecule has 4 aromatic rings. The van der Waals surface area contributed by atoms with Crippen molar-refractivity contribution < 1.29 is 9.21 Å². The second-order valence-electron chi connectivity index (χ2n) is 6.21. The topological polar surface area (TPSA) is 71.3 Å². The van der Waals surface area contributed by atoms with Gasteiger partial charge in [-0.25, -0.2) is 9.97 Å². The summed E-state index contributed by atoms with van der Waals surface area (Å²) < 4.78 is 6.82. The maximum atomic E-state index is 12.5. The minimum atomic E-state index is -0.268. The predicted octanol–water partition coefficient (Wildman–Crippen LogP) is 3.95. The molecule has 4 rings (SSSR count). The zero-order valence-electron chi connectivity index (χ0n) is 15.0. The van der Waals surface area contributed by atoms with Crippen molar-refractivity contribution in [2.75, 3.05) is 19.0 Å². The Balaban J connectivity index is 1.49. The molecule has 1 aromatic carbocycles. The Morgan fingerprint density at radius 2 is 2.00 bits per heavy atom. The monoisotopic (exact) mass is 378 g/mol. The lowest BCUT2D eigenvalue weighted by atomic mass is 10.2. The highest BCUT2D eigenvalue weighted by Crippen LogP contribution is 2.31. The molecule has 3 heterocycles. The molecular formula is C20H18N4O2S. The molecule has 0 saturated heterocycles. The summed E-state index contributed by atoms with van der Waals surface area (Å²) in [4.78, 5) is 23.3. The molecule has 3 aromatic heterocycles. The quantitative estimate of drug-likeness (QED) is 0.569. The van der Waals surface area contributed by atoms with Gasteiger partial charge in [0.25, 0.3) is 5.91 Å². The van der Waals surface area contributed by atoms with Crippen molar-refractivity contribution in [1.82, 2.24) is 15.3 Å². The van der Waals surface area contributed by atoms with Gasteiger partial charge in [-0.1, -0.05) is 18.2 Å². The maximum Gasteiger partial charge on any atom is 0.287 e. The van der Waals surface area contributed by atoms with Crippen molar-refractivity contribution in [2.45, 2.75) is 6.54 Å². The lowest BCUT2D eigenvalue weighted by Gasteiger charge is -2.15. The maximum absolute atomic E-state index is 12.5. The van der Waals surface area contributed by atoms with E-state index in [9.17, 15) is 4.79 Å². The number of hydrogen-bond acceptors (Lipinski definition) is 6. The van der Waals surface area contributed by atoms with Crippen molar-refractivity contribution in [3.05, 3.63) is 66.1 Å². The van der Waals surface area contributed by atoms with E-state index in [1.54, 1.807) is 29.7 Å². The molecule has 7 heteroatoms. The number of amides is 1. The Bertz CT molecular complexity index is 1070. The molecule has 0 saturated carbocycles. The number of thiazole rings is 1. The van der Waals surface area contributed by atoms with Crippen molar-refractivity contribution in [2.24, 2.45) is 0 Å². The third kappa shape index (κ3) is 3.54. The first-order chi connectivity index (χ1) is 13.1. The second kappa shape index (κ2) is 7.20. The first kappa shape index (κ1) is 17.2. The summed E-state index contributed by atoms with van der Waals surface area (Å²) in [6.07, 6.45) is 1.73. The van der Waals surface area contributed by atoms with Crippen LogP contribution in [0.1, 0.15) is 16.1 Å². The number of rotatable bonds is 5. The van der Waals surface area contributed by atoms with E-state index in [2.05, 4.69) is 15.3 Å². The molecule has 0 aliphatic rings. The van der Waals surface area contributed by atoms with E-state index >= 15 is 0 Å². The number of pyridine rings is 1. The zero-order valence-corrected chi connectivity index (χ0v) is 15.8. The number of benzene rings is 1. The average Bonchev–Trinajstić information content (AvgIpc) is 3.33. The number of fused-ring (bicyclic) bond motifs is 1. The SMILES string of the molecule is CN(C)c1ncccc1CNC(=O)c1ccc(-c2nc3ccccc3s2)o1. The summed E-state index contributed by atoms with van der Waals surface area (Å²) in [7, 11) is 3.84. The number of aromatic nitrogens is 2. The highest BCUT2D eigenvalue weighted by atomic mass is 32.1. The molecule has 0 unspecified atom stereocenters. The molecule has 6 nitrogen and oxygen atoms in total. The molecule has 136 valence electrons. The molecule has 0 bridgehead atoms. The van der Waals surface area contributed by atoms with Crippen LogP contribution in [0.25, 0.3) is 21.0 Å². The van der Waals surface area contributed by atoms with E-state index in [1.165, 1.54) is 0 Å². The van der Waals surface area contributed by atoms with Gasteiger partial charge in [-0.2, -0.15) is 0 Å². The Morgan fingerprint density at radius 3 is 2.81 bits per heavy atom. The fourth-order valence-electron chi connectivity index (χ4n) is 2.79. The fraction of sp³-hybridized carbons (Fsp3) is 0.150. The highest BCUT2D eigenvalue weighted by molar-refractivity contribution is 7.21. The molecular weight excluding hydrogens is 360 g/mol. The summed E-state index contributed by atoms with van der Waals surface area (Å²) in [5.74, 6) is 1.42. The van der Waals surface area contributed by atoms with Gasteiger partial charge in [-0.15, -0.1) is 11.3 Å². The van der Waals surface area contributed by atoms with Gasteiger partial charge in [0.2, 0.25) is 0 Å². The Kier molecular flexibility index (Phi) is 4.60. The normalized spacial score (nSPS) is 10.9. The number of hydrogen-bond donors (Lipinski definition) is 1. The minimum absolute atomic E-state index is 0.263. The summed E-state index contributed by atoms with van der Waals surface area (Å²) in [6, 6.07) is 15.2.